The van der Waals surface area contributed by atoms with Crippen molar-refractivity contribution in [2.24, 2.45) is 4.99 Å². The van der Waals surface area contributed by atoms with Crippen LogP contribution in [-0.4, -0.2) is 63.2 Å². The fraction of sp³-hybridized carbons (Fsp3) is 0.909. The van der Waals surface area contributed by atoms with E-state index in [-0.39, 0.29) is 17.6 Å². The highest BCUT2D eigenvalue weighted by atomic mass is 32.2. The van der Waals surface area contributed by atoms with Gasteiger partial charge >= 0.3 is 0 Å². The summed E-state index contributed by atoms with van der Waals surface area (Å²) in [6, 6.07) is -0.312. The van der Waals surface area contributed by atoms with Gasteiger partial charge in [0.25, 0.3) is 0 Å². The summed E-state index contributed by atoms with van der Waals surface area (Å²) in [5, 5.41) is 21.0. The van der Waals surface area contributed by atoms with Crippen LogP contribution in [0, 0.1) is 0 Å². The lowest BCUT2D eigenvalue weighted by Gasteiger charge is -2.37. The first-order valence-electron chi connectivity index (χ1n) is 6.21. The largest absolute Gasteiger partial charge is 0.388 e. The number of hydrogen-bond donors (Lipinski definition) is 2. The average molecular weight is 258 g/mol. The molecule has 17 heavy (non-hydrogen) atoms. The van der Waals surface area contributed by atoms with Crippen molar-refractivity contribution in [1.29, 1.82) is 0 Å². The zero-order valence-corrected chi connectivity index (χ0v) is 10.6. The second kappa shape index (κ2) is 4.42. The van der Waals surface area contributed by atoms with Crippen molar-refractivity contribution >= 4 is 16.9 Å². The number of likely N-dealkylation sites (tertiary alicyclic amines) is 1. The maximum Gasteiger partial charge on any atom is 0.162 e. The van der Waals surface area contributed by atoms with Gasteiger partial charge in [0.15, 0.2) is 5.17 Å². The van der Waals surface area contributed by atoms with Crippen LogP contribution in [0.3, 0.4) is 0 Å². The predicted molar refractivity (Wildman–Crippen MR) is 66.0 cm³/mol. The number of amidine groups is 1. The maximum atomic E-state index is 10.1. The fourth-order valence-corrected chi connectivity index (χ4v) is 3.70. The van der Waals surface area contributed by atoms with Gasteiger partial charge in [-0.05, 0) is 12.8 Å². The molecule has 0 radical (unpaired) electrons. The van der Waals surface area contributed by atoms with Crippen LogP contribution in [0.25, 0.3) is 0 Å². The third-order valence-corrected chi connectivity index (χ3v) is 4.88. The van der Waals surface area contributed by atoms with Crippen LogP contribution in [0.5, 0.6) is 0 Å². The Kier molecular flexibility index (Phi) is 3.06. The van der Waals surface area contributed by atoms with Gasteiger partial charge in [0.1, 0.15) is 23.7 Å². The Bertz CT molecular complexity index is 335. The highest BCUT2D eigenvalue weighted by Gasteiger charge is 2.48. The third kappa shape index (κ3) is 1.87. The lowest BCUT2D eigenvalue weighted by Crippen LogP contribution is -2.54. The van der Waals surface area contributed by atoms with Gasteiger partial charge in [0.05, 0.1) is 6.10 Å². The fourth-order valence-electron chi connectivity index (χ4n) is 2.41. The number of aliphatic hydroxyl groups excluding tert-OH is 2. The summed E-state index contributed by atoms with van der Waals surface area (Å²) in [5.74, 6) is 0. The van der Waals surface area contributed by atoms with E-state index in [0.29, 0.717) is 6.42 Å². The van der Waals surface area contributed by atoms with Gasteiger partial charge in [-0.2, -0.15) is 0 Å². The summed E-state index contributed by atoms with van der Waals surface area (Å²) in [6.45, 7) is 4.04. The van der Waals surface area contributed by atoms with Crippen LogP contribution in [0.4, 0.5) is 0 Å². The van der Waals surface area contributed by atoms with Gasteiger partial charge in [0, 0.05) is 13.1 Å². The van der Waals surface area contributed by atoms with E-state index in [1.54, 1.807) is 11.8 Å². The van der Waals surface area contributed by atoms with E-state index in [4.69, 9.17) is 4.74 Å². The molecule has 0 aromatic heterocycles. The molecule has 5 nitrogen and oxygen atoms in total. The van der Waals surface area contributed by atoms with Crippen LogP contribution in [0.2, 0.25) is 0 Å². The molecule has 96 valence electrons. The number of fused-ring (bicyclic) bond motifs is 1. The molecule has 0 amide bonds. The molecule has 2 N–H and O–H groups in total. The smallest absolute Gasteiger partial charge is 0.162 e. The molecule has 0 unspecified atom stereocenters. The molecule has 2 fully saturated rings. The minimum absolute atomic E-state index is 0.131. The Hall–Kier alpha value is -0.300. The van der Waals surface area contributed by atoms with E-state index in [1.807, 2.05) is 6.92 Å². The summed E-state index contributed by atoms with van der Waals surface area (Å²) < 4.78 is 5.80. The lowest BCUT2D eigenvalue weighted by atomic mass is 9.97. The highest BCUT2D eigenvalue weighted by molar-refractivity contribution is 8.14. The van der Waals surface area contributed by atoms with E-state index in [2.05, 4.69) is 9.89 Å². The minimum atomic E-state index is -0.818. The molecular formula is C11H18N2O3S. The molecule has 3 aliphatic rings. The SMILES string of the molecule is CC[C@H]1O[C@@H]2SC(N3CCC3)=N[C@@H]2[C@@H](O)[C@@H]1O. The van der Waals surface area contributed by atoms with Crippen LogP contribution in [0.15, 0.2) is 4.99 Å². The van der Waals surface area contributed by atoms with Crippen molar-refractivity contribution in [2.75, 3.05) is 13.1 Å². The van der Waals surface area contributed by atoms with Gasteiger partial charge in [-0.1, -0.05) is 18.7 Å². The molecule has 0 aromatic rings. The third-order valence-electron chi connectivity index (χ3n) is 3.68. The number of hydrogen-bond acceptors (Lipinski definition) is 6. The molecule has 0 aromatic carbocycles. The van der Waals surface area contributed by atoms with E-state index in [1.165, 1.54) is 6.42 Å². The second-order valence-corrected chi connectivity index (χ2v) is 5.86. The Morgan fingerprint density at radius 2 is 2.18 bits per heavy atom. The molecule has 2 saturated heterocycles. The summed E-state index contributed by atoms with van der Waals surface area (Å²) in [5.41, 5.74) is -0.131. The number of aliphatic imine (C=N–C) groups is 1. The first kappa shape index (κ1) is 11.8. The maximum absolute atomic E-state index is 10.1. The van der Waals surface area contributed by atoms with Crippen molar-refractivity contribution in [3.8, 4) is 0 Å². The molecule has 3 aliphatic heterocycles. The van der Waals surface area contributed by atoms with Crippen LogP contribution in [0.1, 0.15) is 19.8 Å². The quantitative estimate of drug-likeness (QED) is 0.694. The number of aliphatic hydroxyl groups is 2. The van der Waals surface area contributed by atoms with Crippen molar-refractivity contribution in [1.82, 2.24) is 4.90 Å². The molecule has 3 rings (SSSR count). The van der Waals surface area contributed by atoms with Crippen molar-refractivity contribution in [3.05, 3.63) is 0 Å². The standard InChI is InChI=1S/C11H18N2O3S/c1-2-6-8(14)9(15)7-10(16-6)17-11(12-7)13-4-3-5-13/h6-10,14-15H,2-5H2,1H3/t6-,7-,8-,9-,10-/m1/s1. The van der Waals surface area contributed by atoms with Gasteiger partial charge in [-0.15, -0.1) is 0 Å². The monoisotopic (exact) mass is 258 g/mol. The number of ether oxygens (including phenoxy) is 1. The molecule has 0 spiro atoms. The minimum Gasteiger partial charge on any atom is -0.388 e. The van der Waals surface area contributed by atoms with Crippen molar-refractivity contribution < 1.29 is 14.9 Å². The van der Waals surface area contributed by atoms with Gasteiger partial charge in [0.2, 0.25) is 0 Å². The lowest BCUT2D eigenvalue weighted by molar-refractivity contribution is -0.153. The second-order valence-electron chi connectivity index (χ2n) is 4.79. The Morgan fingerprint density at radius 3 is 2.76 bits per heavy atom. The number of nitrogens with zero attached hydrogens (tertiary/aromatic N) is 2. The van der Waals surface area contributed by atoms with Gasteiger partial charge < -0.3 is 19.8 Å². The van der Waals surface area contributed by atoms with Crippen LogP contribution < -0.4 is 0 Å². The summed E-state index contributed by atoms with van der Waals surface area (Å²) >= 11 is 1.59. The topological polar surface area (TPSA) is 65.3 Å². The summed E-state index contributed by atoms with van der Waals surface area (Å²) in [4.78, 5) is 6.70. The first-order valence-corrected chi connectivity index (χ1v) is 7.09. The van der Waals surface area contributed by atoms with Gasteiger partial charge in [-0.25, -0.2) is 0 Å². The van der Waals surface area contributed by atoms with Crippen molar-refractivity contribution in [3.63, 3.8) is 0 Å². The first-order chi connectivity index (χ1) is 8.20. The van der Waals surface area contributed by atoms with E-state index in [9.17, 15) is 10.2 Å². The molecule has 6 heteroatoms. The number of rotatable bonds is 1. The zero-order chi connectivity index (χ0) is 12.0. The highest BCUT2D eigenvalue weighted by Crippen LogP contribution is 2.38. The molecule has 0 bridgehead atoms. The van der Waals surface area contributed by atoms with Crippen LogP contribution >= 0.6 is 11.8 Å². The average Bonchev–Trinajstić information content (AvgIpc) is 2.64. The Morgan fingerprint density at radius 1 is 1.41 bits per heavy atom. The van der Waals surface area contributed by atoms with E-state index < -0.39 is 12.2 Å². The van der Waals surface area contributed by atoms with Gasteiger partial charge in [-0.3, -0.25) is 4.99 Å². The Labute approximate surface area is 105 Å². The molecular weight excluding hydrogens is 240 g/mol. The molecule has 0 saturated carbocycles. The predicted octanol–water partition coefficient (Wildman–Crippen LogP) is 0.0202. The van der Waals surface area contributed by atoms with Crippen molar-refractivity contribution in [2.45, 2.75) is 49.6 Å². The summed E-state index contributed by atoms with van der Waals surface area (Å²) in [7, 11) is 0. The van der Waals surface area contributed by atoms with E-state index in [0.717, 1.165) is 18.3 Å². The normalized spacial score (nSPS) is 45.2. The Balaban J connectivity index is 1.74. The molecule has 3 heterocycles. The molecule has 5 atom stereocenters. The number of thioether (sulfide) groups is 1. The van der Waals surface area contributed by atoms with Crippen LogP contribution in [-0.2, 0) is 4.74 Å². The zero-order valence-electron chi connectivity index (χ0n) is 9.82. The van der Waals surface area contributed by atoms with E-state index >= 15 is 0 Å². The summed E-state index contributed by atoms with van der Waals surface area (Å²) in [6.07, 6.45) is 0.0237. The molecule has 0 aliphatic carbocycles.